The van der Waals surface area contributed by atoms with Crippen LogP contribution < -0.4 is 15.0 Å². The molecular weight excluding hydrogens is 354 g/mol. The first-order valence-electron chi connectivity index (χ1n) is 9.69. The lowest BCUT2D eigenvalue weighted by Crippen LogP contribution is -2.38. The van der Waals surface area contributed by atoms with Crippen LogP contribution in [0.3, 0.4) is 0 Å². The van der Waals surface area contributed by atoms with E-state index in [1.807, 2.05) is 31.3 Å². The number of nitrogens with one attached hydrogen (secondary N) is 1. The highest BCUT2D eigenvalue weighted by atomic mass is 16.5. The minimum absolute atomic E-state index is 0.0641. The molecule has 1 aliphatic rings. The second kappa shape index (κ2) is 9.99. The molecule has 6 heteroatoms. The molecular formula is C22H29N3O3. The van der Waals surface area contributed by atoms with Crippen LogP contribution in [0.1, 0.15) is 11.1 Å². The van der Waals surface area contributed by atoms with Gasteiger partial charge in [-0.15, -0.1) is 0 Å². The van der Waals surface area contributed by atoms with Gasteiger partial charge in [-0.3, -0.25) is 0 Å². The van der Waals surface area contributed by atoms with Gasteiger partial charge in [-0.25, -0.2) is 4.79 Å². The number of rotatable bonds is 7. The van der Waals surface area contributed by atoms with Crippen molar-refractivity contribution >= 4 is 11.7 Å². The van der Waals surface area contributed by atoms with E-state index >= 15 is 0 Å². The van der Waals surface area contributed by atoms with Gasteiger partial charge in [0.2, 0.25) is 0 Å². The second-order valence-corrected chi connectivity index (χ2v) is 6.95. The number of hydrogen-bond donors (Lipinski definition) is 1. The lowest BCUT2D eigenvalue weighted by Gasteiger charge is -2.29. The summed E-state index contributed by atoms with van der Waals surface area (Å²) in [7, 11) is 3.47. The van der Waals surface area contributed by atoms with Gasteiger partial charge in [-0.05, 0) is 41.8 Å². The van der Waals surface area contributed by atoms with Crippen LogP contribution in [-0.2, 0) is 17.7 Å². The highest BCUT2D eigenvalue weighted by Crippen LogP contribution is 2.17. The van der Waals surface area contributed by atoms with Crippen molar-refractivity contribution in [3.05, 3.63) is 59.7 Å². The normalized spacial score (nSPS) is 13.9. The molecule has 1 aliphatic heterocycles. The maximum Gasteiger partial charge on any atom is 0.317 e. The van der Waals surface area contributed by atoms with Crippen LogP contribution in [-0.4, -0.2) is 57.9 Å². The fraction of sp³-hybridized carbons (Fsp3) is 0.409. The van der Waals surface area contributed by atoms with Gasteiger partial charge in [-0.1, -0.05) is 24.3 Å². The molecule has 1 saturated heterocycles. The number of benzene rings is 2. The largest absolute Gasteiger partial charge is 0.497 e. The zero-order valence-electron chi connectivity index (χ0n) is 16.7. The van der Waals surface area contributed by atoms with Crippen LogP contribution in [0.2, 0.25) is 0 Å². The van der Waals surface area contributed by atoms with E-state index in [4.69, 9.17) is 9.47 Å². The number of anilines is 1. The number of carbonyl (C=O) groups excluding carboxylic acids is 1. The molecule has 0 saturated carbocycles. The highest BCUT2D eigenvalue weighted by molar-refractivity contribution is 5.73. The zero-order chi connectivity index (χ0) is 19.8. The van der Waals surface area contributed by atoms with E-state index in [-0.39, 0.29) is 6.03 Å². The van der Waals surface area contributed by atoms with Gasteiger partial charge in [0.1, 0.15) is 5.75 Å². The van der Waals surface area contributed by atoms with Crippen molar-refractivity contribution in [3.63, 3.8) is 0 Å². The summed E-state index contributed by atoms with van der Waals surface area (Å²) in [4.78, 5) is 16.4. The molecule has 28 heavy (non-hydrogen) atoms. The third-order valence-corrected chi connectivity index (χ3v) is 4.93. The van der Waals surface area contributed by atoms with Crippen molar-refractivity contribution in [1.29, 1.82) is 0 Å². The summed E-state index contributed by atoms with van der Waals surface area (Å²) in [6.07, 6.45) is 0.790. The van der Waals surface area contributed by atoms with Crippen molar-refractivity contribution in [2.24, 2.45) is 0 Å². The number of hydrogen-bond acceptors (Lipinski definition) is 4. The standard InChI is InChI=1S/C22H29N3O3/c1-24(22(26)23-12-11-18-5-9-21(27-2)10-6-18)17-19-3-7-20(8-4-19)25-13-15-28-16-14-25/h3-10H,11-17H2,1-2H3,(H,23,26). The maximum atomic E-state index is 12.3. The molecule has 0 spiro atoms. The minimum Gasteiger partial charge on any atom is -0.497 e. The maximum absolute atomic E-state index is 12.3. The SMILES string of the molecule is COc1ccc(CCNC(=O)N(C)Cc2ccc(N3CCOCC3)cc2)cc1. The van der Waals surface area contributed by atoms with E-state index in [0.29, 0.717) is 13.1 Å². The van der Waals surface area contributed by atoms with Crippen molar-refractivity contribution in [3.8, 4) is 5.75 Å². The fourth-order valence-electron chi connectivity index (χ4n) is 3.22. The van der Waals surface area contributed by atoms with Crippen LogP contribution >= 0.6 is 0 Å². The van der Waals surface area contributed by atoms with Gasteiger partial charge >= 0.3 is 6.03 Å². The zero-order valence-corrected chi connectivity index (χ0v) is 16.7. The molecule has 1 fully saturated rings. The first-order chi connectivity index (χ1) is 13.7. The quantitative estimate of drug-likeness (QED) is 0.799. The Morgan fingerprint density at radius 2 is 1.71 bits per heavy atom. The molecule has 0 atom stereocenters. The summed E-state index contributed by atoms with van der Waals surface area (Å²) in [5.74, 6) is 0.840. The van der Waals surface area contributed by atoms with Crippen molar-refractivity contribution in [1.82, 2.24) is 10.2 Å². The third kappa shape index (κ3) is 5.63. The van der Waals surface area contributed by atoms with E-state index < -0.39 is 0 Å². The average molecular weight is 383 g/mol. The summed E-state index contributed by atoms with van der Waals surface area (Å²) in [5, 5.41) is 2.98. The highest BCUT2D eigenvalue weighted by Gasteiger charge is 2.12. The first kappa shape index (κ1) is 20.0. The van der Waals surface area contributed by atoms with Gasteiger partial charge in [0.25, 0.3) is 0 Å². The summed E-state index contributed by atoms with van der Waals surface area (Å²) < 4.78 is 10.6. The molecule has 2 aromatic rings. The van der Waals surface area contributed by atoms with Crippen LogP contribution in [0, 0.1) is 0 Å². The summed E-state index contributed by atoms with van der Waals surface area (Å²) in [6.45, 7) is 4.59. The number of nitrogens with zero attached hydrogens (tertiary/aromatic N) is 2. The Labute approximate surface area is 167 Å². The smallest absolute Gasteiger partial charge is 0.317 e. The lowest BCUT2D eigenvalue weighted by molar-refractivity contribution is 0.122. The topological polar surface area (TPSA) is 54.0 Å². The second-order valence-electron chi connectivity index (χ2n) is 6.95. The number of amides is 2. The molecule has 0 unspecified atom stereocenters. The lowest BCUT2D eigenvalue weighted by atomic mass is 10.1. The molecule has 0 aromatic heterocycles. The molecule has 6 nitrogen and oxygen atoms in total. The Morgan fingerprint density at radius 1 is 1.07 bits per heavy atom. The first-order valence-corrected chi connectivity index (χ1v) is 9.69. The van der Waals surface area contributed by atoms with Crippen molar-refractivity contribution in [2.45, 2.75) is 13.0 Å². The Morgan fingerprint density at radius 3 is 2.36 bits per heavy atom. The van der Waals surface area contributed by atoms with E-state index in [1.54, 1.807) is 12.0 Å². The third-order valence-electron chi connectivity index (χ3n) is 4.93. The van der Waals surface area contributed by atoms with E-state index in [9.17, 15) is 4.79 Å². The molecule has 1 N–H and O–H groups in total. The Balaban J connectivity index is 1.42. The molecule has 0 aliphatic carbocycles. The van der Waals surface area contributed by atoms with Gasteiger partial charge in [0.05, 0.1) is 20.3 Å². The van der Waals surface area contributed by atoms with Crippen LogP contribution in [0.25, 0.3) is 0 Å². The van der Waals surface area contributed by atoms with Crippen LogP contribution in [0.15, 0.2) is 48.5 Å². The van der Waals surface area contributed by atoms with Crippen LogP contribution in [0.5, 0.6) is 5.75 Å². The van der Waals surface area contributed by atoms with Gasteiger partial charge < -0.3 is 24.6 Å². The van der Waals surface area contributed by atoms with Crippen molar-refractivity contribution < 1.29 is 14.3 Å². The van der Waals surface area contributed by atoms with E-state index in [1.165, 1.54) is 11.3 Å². The van der Waals surface area contributed by atoms with Gasteiger partial charge in [-0.2, -0.15) is 0 Å². The number of ether oxygens (including phenoxy) is 2. The Bertz CT molecular complexity index is 741. The molecule has 0 bridgehead atoms. The van der Waals surface area contributed by atoms with E-state index in [2.05, 4.69) is 34.5 Å². The number of morpholine rings is 1. The summed E-state index contributed by atoms with van der Waals surface area (Å²) in [6, 6.07) is 16.3. The predicted molar refractivity (Wildman–Crippen MR) is 111 cm³/mol. The Hall–Kier alpha value is -2.73. The number of methoxy groups -OCH3 is 1. The molecule has 2 aromatic carbocycles. The molecule has 150 valence electrons. The molecule has 3 rings (SSSR count). The van der Waals surface area contributed by atoms with E-state index in [0.717, 1.165) is 44.0 Å². The average Bonchev–Trinajstić information content (AvgIpc) is 2.75. The monoisotopic (exact) mass is 383 g/mol. The van der Waals surface area contributed by atoms with Gasteiger partial charge in [0, 0.05) is 38.9 Å². The summed E-state index contributed by atoms with van der Waals surface area (Å²) in [5.41, 5.74) is 3.49. The molecule has 0 radical (unpaired) electrons. The number of urea groups is 1. The minimum atomic E-state index is -0.0641. The molecule has 2 amide bonds. The predicted octanol–water partition coefficient (Wildman–Crippen LogP) is 2.92. The summed E-state index contributed by atoms with van der Waals surface area (Å²) >= 11 is 0. The number of carbonyl (C=O) groups is 1. The molecule has 1 heterocycles. The van der Waals surface area contributed by atoms with Crippen LogP contribution in [0.4, 0.5) is 10.5 Å². The van der Waals surface area contributed by atoms with Crippen molar-refractivity contribution in [2.75, 3.05) is 51.9 Å². The Kier molecular flexibility index (Phi) is 7.14. The fourth-order valence-corrected chi connectivity index (χ4v) is 3.22. The van der Waals surface area contributed by atoms with Gasteiger partial charge in [0.15, 0.2) is 0 Å².